The Balaban J connectivity index is 1.69. The number of aliphatic hydroxyl groups is 8. The molecule has 0 aliphatic carbocycles. The van der Waals surface area contributed by atoms with Gasteiger partial charge in [0.1, 0.15) is 48.8 Å². The summed E-state index contributed by atoms with van der Waals surface area (Å²) in [5.74, 6) is -0.272. The summed E-state index contributed by atoms with van der Waals surface area (Å²) in [6, 6.07) is -0.937. The number of carbonyl (C=O) groups is 1. The molecule has 0 aromatic rings. The molecule has 0 radical (unpaired) electrons. The smallest absolute Gasteiger partial charge is 0.220 e. The third-order valence-corrected chi connectivity index (χ3v) is 13.8. The van der Waals surface area contributed by atoms with Crippen LogP contribution < -0.4 is 5.32 Å². The highest BCUT2D eigenvalue weighted by atomic mass is 16.7. The Hall–Kier alpha value is -3.87. The predicted octanol–water partition coefficient (Wildman–Crippen LogP) is 10.8. The van der Waals surface area contributed by atoms with Crippen molar-refractivity contribution >= 4 is 5.91 Å². The minimum absolute atomic E-state index is 0.242. The van der Waals surface area contributed by atoms with Gasteiger partial charge in [0.2, 0.25) is 5.91 Å². The number of hydrogen-bond acceptors (Lipinski definition) is 13. The number of ether oxygens (including phenoxy) is 4. The number of hydrogen-bond donors (Lipinski definition) is 9. The van der Waals surface area contributed by atoms with Gasteiger partial charge in [0, 0.05) is 6.42 Å². The molecule has 0 saturated carbocycles. The molecule has 12 unspecified atom stereocenters. The zero-order valence-corrected chi connectivity index (χ0v) is 48.8. The second kappa shape index (κ2) is 49.7. The van der Waals surface area contributed by atoms with E-state index in [1.807, 2.05) is 6.08 Å². The van der Waals surface area contributed by atoms with E-state index in [9.17, 15) is 45.6 Å². The first kappa shape index (κ1) is 72.2. The molecule has 2 aliphatic rings. The summed E-state index contributed by atoms with van der Waals surface area (Å²) >= 11 is 0. The van der Waals surface area contributed by atoms with Gasteiger partial charge in [-0.2, -0.15) is 0 Å². The highest BCUT2D eigenvalue weighted by Crippen LogP contribution is 2.30. The topological polar surface area (TPSA) is 228 Å². The van der Waals surface area contributed by atoms with E-state index in [2.05, 4.69) is 141 Å². The summed E-state index contributed by atoms with van der Waals surface area (Å²) < 4.78 is 22.7. The second-order valence-electron chi connectivity index (χ2n) is 20.7. The highest BCUT2D eigenvalue weighted by molar-refractivity contribution is 5.76. The van der Waals surface area contributed by atoms with Crippen LogP contribution in [0.25, 0.3) is 0 Å². The monoisotopic (exact) mass is 1120 g/mol. The molecule has 9 N–H and O–H groups in total. The van der Waals surface area contributed by atoms with Crippen molar-refractivity contribution in [2.24, 2.45) is 0 Å². The van der Waals surface area contributed by atoms with Crippen LogP contribution in [0.3, 0.4) is 0 Å². The molecule has 454 valence electrons. The van der Waals surface area contributed by atoms with Crippen molar-refractivity contribution in [3.63, 3.8) is 0 Å². The molecular formula is C66H107NO13. The van der Waals surface area contributed by atoms with Gasteiger partial charge in [-0.15, -0.1) is 0 Å². The molecular weight excluding hydrogens is 1010 g/mol. The molecule has 0 aromatic heterocycles. The minimum atomic E-state index is -1.80. The Bertz CT molecular complexity index is 1850. The summed E-state index contributed by atoms with van der Waals surface area (Å²) in [6.07, 6.45) is 56.4. The number of amides is 1. The zero-order valence-electron chi connectivity index (χ0n) is 48.8. The van der Waals surface area contributed by atoms with E-state index >= 15 is 0 Å². The highest BCUT2D eigenvalue weighted by Gasteiger charge is 2.51. The van der Waals surface area contributed by atoms with Gasteiger partial charge in [-0.3, -0.25) is 4.79 Å². The Kier molecular flexibility index (Phi) is 44.9. The van der Waals surface area contributed by atoms with Gasteiger partial charge in [-0.1, -0.05) is 212 Å². The molecule has 80 heavy (non-hydrogen) atoms. The van der Waals surface area contributed by atoms with Gasteiger partial charge in [-0.25, -0.2) is 0 Å². The van der Waals surface area contributed by atoms with E-state index in [1.165, 1.54) is 38.5 Å². The van der Waals surface area contributed by atoms with Gasteiger partial charge < -0.3 is 65.1 Å². The van der Waals surface area contributed by atoms with Gasteiger partial charge in [0.15, 0.2) is 12.6 Å². The van der Waals surface area contributed by atoms with Crippen LogP contribution in [0.15, 0.2) is 134 Å². The Morgan fingerprint density at radius 2 is 0.863 bits per heavy atom. The molecule has 0 spiro atoms. The lowest BCUT2D eigenvalue weighted by Crippen LogP contribution is -2.65. The van der Waals surface area contributed by atoms with E-state index in [-0.39, 0.29) is 18.9 Å². The van der Waals surface area contributed by atoms with Gasteiger partial charge >= 0.3 is 0 Å². The van der Waals surface area contributed by atoms with Crippen LogP contribution in [0.5, 0.6) is 0 Å². The van der Waals surface area contributed by atoms with E-state index in [0.29, 0.717) is 6.42 Å². The molecule has 2 saturated heterocycles. The lowest BCUT2D eigenvalue weighted by Gasteiger charge is -2.46. The van der Waals surface area contributed by atoms with Crippen molar-refractivity contribution in [2.75, 3.05) is 19.8 Å². The van der Waals surface area contributed by atoms with Crippen LogP contribution in [0, 0.1) is 0 Å². The summed E-state index contributed by atoms with van der Waals surface area (Å²) in [5, 5.41) is 86.9. The van der Waals surface area contributed by atoms with Crippen LogP contribution in [0.4, 0.5) is 0 Å². The fourth-order valence-corrected chi connectivity index (χ4v) is 8.96. The van der Waals surface area contributed by atoms with E-state index in [1.54, 1.807) is 6.08 Å². The normalized spacial score (nSPS) is 25.2. The van der Waals surface area contributed by atoms with Gasteiger partial charge in [0.25, 0.3) is 0 Å². The Morgan fingerprint density at radius 3 is 1.32 bits per heavy atom. The minimum Gasteiger partial charge on any atom is -0.394 e. The molecule has 2 rings (SSSR count). The maximum absolute atomic E-state index is 13.2. The maximum atomic E-state index is 13.2. The Morgan fingerprint density at radius 1 is 0.463 bits per heavy atom. The third kappa shape index (κ3) is 34.5. The van der Waals surface area contributed by atoms with Gasteiger partial charge in [-0.05, 0) is 96.3 Å². The zero-order chi connectivity index (χ0) is 58.1. The first-order chi connectivity index (χ1) is 39.1. The molecule has 0 aromatic carbocycles. The lowest BCUT2D eigenvalue weighted by molar-refractivity contribution is -0.359. The average Bonchev–Trinajstić information content (AvgIpc) is 3.46. The van der Waals surface area contributed by atoms with Crippen LogP contribution in [-0.2, 0) is 23.7 Å². The fraction of sp³-hybridized carbons (Fsp3) is 0.652. The largest absolute Gasteiger partial charge is 0.394 e. The first-order valence-corrected chi connectivity index (χ1v) is 30.4. The van der Waals surface area contributed by atoms with E-state index in [0.717, 1.165) is 116 Å². The van der Waals surface area contributed by atoms with Crippen molar-refractivity contribution in [2.45, 2.75) is 254 Å². The number of unbranched alkanes of at least 4 members (excludes halogenated alkanes) is 13. The van der Waals surface area contributed by atoms with E-state index in [4.69, 9.17) is 18.9 Å². The van der Waals surface area contributed by atoms with Crippen LogP contribution >= 0.6 is 0 Å². The van der Waals surface area contributed by atoms with Crippen molar-refractivity contribution in [1.29, 1.82) is 0 Å². The molecule has 2 fully saturated rings. The molecule has 2 heterocycles. The van der Waals surface area contributed by atoms with Crippen LogP contribution in [-0.4, -0.2) is 140 Å². The summed E-state index contributed by atoms with van der Waals surface area (Å²) in [6.45, 7) is 2.61. The van der Waals surface area contributed by atoms with E-state index < -0.39 is 86.8 Å². The molecule has 0 bridgehead atoms. The quantitative estimate of drug-likeness (QED) is 0.0204. The third-order valence-electron chi connectivity index (χ3n) is 13.8. The number of aliphatic hydroxyl groups excluding tert-OH is 8. The first-order valence-electron chi connectivity index (χ1n) is 30.4. The second-order valence-corrected chi connectivity index (χ2v) is 20.7. The predicted molar refractivity (Wildman–Crippen MR) is 322 cm³/mol. The van der Waals surface area contributed by atoms with Crippen molar-refractivity contribution in [3.8, 4) is 0 Å². The molecule has 1 amide bonds. The summed E-state index contributed by atoms with van der Waals surface area (Å²) in [5.41, 5.74) is 0. The molecule has 12 atom stereocenters. The SMILES string of the molecule is CC/C=C\C/C=C\C/C=C\C/C=C\C/C=C\C/C=C\C/C=C\C/C=C\C/C=C\C/C=C\CCCCCCC(=O)NC(COC1OC(CO)C(OC2OC(CO)C(O)C(O)C2O)C(O)C1O)C(O)/C=C/CCCCCCCCCCC. The molecule has 14 heteroatoms. The van der Waals surface area contributed by atoms with Crippen LogP contribution in [0.1, 0.15) is 181 Å². The lowest BCUT2D eigenvalue weighted by atomic mass is 9.97. The maximum Gasteiger partial charge on any atom is 0.220 e. The average molecular weight is 1120 g/mol. The molecule has 2 aliphatic heterocycles. The van der Waals surface area contributed by atoms with Crippen molar-refractivity contribution in [3.05, 3.63) is 134 Å². The summed E-state index contributed by atoms with van der Waals surface area (Å²) in [4.78, 5) is 13.2. The number of carbonyl (C=O) groups excluding carboxylic acids is 1. The fourth-order valence-electron chi connectivity index (χ4n) is 8.96. The van der Waals surface area contributed by atoms with Crippen molar-refractivity contribution in [1.82, 2.24) is 5.32 Å². The standard InChI is InChI=1S/C66H107NO13/c1-3-5-7-9-11-13-15-16-17-18-19-20-21-22-23-24-25-26-27-28-29-30-31-32-33-34-35-36-37-38-40-42-44-46-48-50-58(71)67-54(55(70)49-47-45-43-41-39-14-12-10-8-6-4-2)53-77-65-63(76)61(74)64(57(52-69)79-65)80-66-62(75)60(73)59(72)56(51-68)78-66/h5,7,11,13,16-17,19-20,22-23,25-26,28-29,31-32,34-35,37-38,47,49,54-57,59-66,68-70,72-76H,3-4,6,8-10,12,14-15,18,21,24,27,30,33,36,39-46,48,50-53H2,1-2H3,(H,67,71)/b7-5-,13-11-,17-16-,20-19-,23-22-,26-25-,29-28-,32-31-,35-34-,38-37-,49-47+. The number of allylic oxidation sites excluding steroid dienone is 21. The Labute approximate surface area is 481 Å². The molecule has 14 nitrogen and oxygen atoms in total. The summed E-state index contributed by atoms with van der Waals surface area (Å²) in [7, 11) is 0. The number of nitrogens with one attached hydrogen (secondary N) is 1. The van der Waals surface area contributed by atoms with Crippen molar-refractivity contribution < 1.29 is 64.6 Å². The van der Waals surface area contributed by atoms with Crippen LogP contribution in [0.2, 0.25) is 0 Å². The number of rotatable bonds is 46. The van der Waals surface area contributed by atoms with Gasteiger partial charge in [0.05, 0.1) is 32.0 Å².